The van der Waals surface area contributed by atoms with Gasteiger partial charge < -0.3 is 20.9 Å². The number of carbonyl (C=O) groups is 3. The van der Waals surface area contributed by atoms with E-state index in [9.17, 15) is 14.4 Å². The Morgan fingerprint density at radius 1 is 0.786 bits per heavy atom. The maximum atomic E-state index is 13.5. The maximum absolute atomic E-state index is 13.5. The fourth-order valence-corrected chi connectivity index (χ4v) is 4.89. The van der Waals surface area contributed by atoms with Gasteiger partial charge in [0.2, 0.25) is 5.91 Å². The standard InChI is InChI=1S/C34H34N4O3S/c1-23-13-17-27(18-14-23)35-32(39)24(2)42-30-12-8-11-28(22-30)36-34(41)31(37-33(40)26-9-6-5-7-10-26)21-25-15-19-29(20-16-25)38(3)4/h5-22,24H,1-4H3,(H,35,39)(H,36,41)(H,37,40)/b31-21+. The van der Waals surface area contributed by atoms with E-state index >= 15 is 0 Å². The molecule has 0 aromatic heterocycles. The zero-order valence-electron chi connectivity index (χ0n) is 24.0. The van der Waals surface area contributed by atoms with Crippen LogP contribution < -0.4 is 20.9 Å². The van der Waals surface area contributed by atoms with Crippen molar-refractivity contribution in [3.63, 3.8) is 0 Å². The van der Waals surface area contributed by atoms with Crippen LogP contribution in [0.1, 0.15) is 28.4 Å². The monoisotopic (exact) mass is 578 g/mol. The summed E-state index contributed by atoms with van der Waals surface area (Å²) in [7, 11) is 3.90. The molecule has 0 radical (unpaired) electrons. The number of benzene rings is 4. The van der Waals surface area contributed by atoms with E-state index in [0.29, 0.717) is 11.3 Å². The van der Waals surface area contributed by atoms with Crippen LogP contribution in [0.4, 0.5) is 17.1 Å². The summed E-state index contributed by atoms with van der Waals surface area (Å²) in [6.45, 7) is 3.83. The molecule has 7 nitrogen and oxygen atoms in total. The van der Waals surface area contributed by atoms with E-state index in [1.54, 1.807) is 42.5 Å². The van der Waals surface area contributed by atoms with Crippen LogP contribution in [0, 0.1) is 6.92 Å². The Morgan fingerprint density at radius 2 is 1.48 bits per heavy atom. The van der Waals surface area contributed by atoms with Gasteiger partial charge >= 0.3 is 0 Å². The molecular formula is C34H34N4O3S. The zero-order valence-corrected chi connectivity index (χ0v) is 24.9. The first-order chi connectivity index (χ1) is 20.2. The summed E-state index contributed by atoms with van der Waals surface area (Å²) in [4.78, 5) is 42.0. The van der Waals surface area contributed by atoms with Gasteiger partial charge in [-0.25, -0.2) is 0 Å². The van der Waals surface area contributed by atoms with E-state index in [4.69, 9.17) is 0 Å². The zero-order chi connectivity index (χ0) is 30.1. The number of aryl methyl sites for hydroxylation is 1. The molecule has 214 valence electrons. The first kappa shape index (κ1) is 30.1. The van der Waals surface area contributed by atoms with E-state index in [0.717, 1.165) is 27.4 Å². The highest BCUT2D eigenvalue weighted by Crippen LogP contribution is 2.27. The first-order valence-electron chi connectivity index (χ1n) is 13.5. The van der Waals surface area contributed by atoms with Gasteiger partial charge in [0.25, 0.3) is 11.8 Å². The van der Waals surface area contributed by atoms with E-state index in [2.05, 4.69) is 16.0 Å². The lowest BCUT2D eigenvalue weighted by Gasteiger charge is -2.15. The Labute approximate surface area is 251 Å². The number of hydrogen-bond acceptors (Lipinski definition) is 5. The lowest BCUT2D eigenvalue weighted by atomic mass is 10.1. The first-order valence-corrected chi connectivity index (χ1v) is 14.4. The van der Waals surface area contributed by atoms with Crippen LogP contribution in [0.25, 0.3) is 6.08 Å². The molecule has 0 saturated carbocycles. The lowest BCUT2D eigenvalue weighted by molar-refractivity contribution is -0.115. The van der Waals surface area contributed by atoms with Gasteiger partial charge in [-0.2, -0.15) is 0 Å². The predicted octanol–water partition coefficient (Wildman–Crippen LogP) is 6.59. The normalized spacial score (nSPS) is 11.8. The van der Waals surface area contributed by atoms with Crippen LogP contribution in [0.5, 0.6) is 0 Å². The van der Waals surface area contributed by atoms with Crippen LogP contribution in [0.15, 0.2) is 114 Å². The second-order valence-electron chi connectivity index (χ2n) is 9.96. The summed E-state index contributed by atoms with van der Waals surface area (Å²) in [6, 6.07) is 31.3. The van der Waals surface area contributed by atoms with Gasteiger partial charge in [-0.05, 0) is 80.1 Å². The van der Waals surface area contributed by atoms with Gasteiger partial charge in [-0.1, -0.05) is 54.1 Å². The Hall–Kier alpha value is -4.82. The van der Waals surface area contributed by atoms with Crippen molar-refractivity contribution in [3.8, 4) is 0 Å². The third-order valence-electron chi connectivity index (χ3n) is 6.34. The molecule has 1 atom stereocenters. The van der Waals surface area contributed by atoms with Crippen molar-refractivity contribution in [2.24, 2.45) is 0 Å². The number of nitrogens with zero attached hydrogens (tertiary/aromatic N) is 1. The molecule has 3 amide bonds. The second-order valence-corrected chi connectivity index (χ2v) is 11.4. The minimum absolute atomic E-state index is 0.102. The molecule has 1 unspecified atom stereocenters. The largest absolute Gasteiger partial charge is 0.378 e. The Balaban J connectivity index is 1.49. The molecule has 4 rings (SSSR count). The molecule has 0 aliphatic heterocycles. The minimum atomic E-state index is -0.469. The molecule has 0 aliphatic carbocycles. The number of rotatable bonds is 10. The maximum Gasteiger partial charge on any atom is 0.272 e. The summed E-state index contributed by atoms with van der Waals surface area (Å²) in [6.07, 6.45) is 1.64. The van der Waals surface area contributed by atoms with Crippen LogP contribution >= 0.6 is 11.8 Å². The molecule has 0 fully saturated rings. The SMILES string of the molecule is Cc1ccc(NC(=O)C(C)Sc2cccc(NC(=O)/C(=C\c3ccc(N(C)C)cc3)NC(=O)c3ccccc3)c2)cc1. The number of amides is 3. The molecule has 3 N–H and O–H groups in total. The van der Waals surface area contributed by atoms with Crippen LogP contribution in [-0.2, 0) is 9.59 Å². The number of carbonyl (C=O) groups excluding carboxylic acids is 3. The molecule has 4 aromatic carbocycles. The number of thioether (sulfide) groups is 1. The molecule has 0 aliphatic rings. The van der Waals surface area contributed by atoms with E-state index < -0.39 is 5.91 Å². The van der Waals surface area contributed by atoms with Crippen molar-refractivity contribution in [1.82, 2.24) is 5.32 Å². The molecule has 0 saturated heterocycles. The van der Waals surface area contributed by atoms with Gasteiger partial charge in [0, 0.05) is 41.6 Å². The summed E-state index contributed by atoms with van der Waals surface area (Å²) in [5.74, 6) is -0.977. The van der Waals surface area contributed by atoms with Gasteiger partial charge in [0.05, 0.1) is 5.25 Å². The Kier molecular flexibility index (Phi) is 10.2. The number of hydrogen-bond donors (Lipinski definition) is 3. The second kappa shape index (κ2) is 14.2. The smallest absolute Gasteiger partial charge is 0.272 e. The van der Waals surface area contributed by atoms with Gasteiger partial charge in [-0.3, -0.25) is 14.4 Å². The third kappa shape index (κ3) is 8.59. The van der Waals surface area contributed by atoms with E-state index in [1.807, 2.05) is 99.6 Å². The summed E-state index contributed by atoms with van der Waals surface area (Å²) >= 11 is 1.39. The van der Waals surface area contributed by atoms with Crippen molar-refractivity contribution in [2.75, 3.05) is 29.6 Å². The average Bonchev–Trinajstić information content (AvgIpc) is 2.98. The third-order valence-corrected chi connectivity index (χ3v) is 7.44. The molecule has 4 aromatic rings. The van der Waals surface area contributed by atoms with Crippen molar-refractivity contribution >= 4 is 52.6 Å². The van der Waals surface area contributed by atoms with Crippen LogP contribution in [-0.4, -0.2) is 37.1 Å². The summed E-state index contributed by atoms with van der Waals surface area (Å²) in [5, 5.41) is 8.22. The number of nitrogens with one attached hydrogen (secondary N) is 3. The Bertz CT molecular complexity index is 1570. The highest BCUT2D eigenvalue weighted by Gasteiger charge is 2.17. The van der Waals surface area contributed by atoms with Gasteiger partial charge in [0.15, 0.2) is 0 Å². The van der Waals surface area contributed by atoms with Crippen molar-refractivity contribution < 1.29 is 14.4 Å². The van der Waals surface area contributed by atoms with Gasteiger partial charge in [-0.15, -0.1) is 11.8 Å². The number of anilines is 3. The van der Waals surface area contributed by atoms with Crippen molar-refractivity contribution in [2.45, 2.75) is 24.0 Å². The molecule has 0 bridgehead atoms. The van der Waals surface area contributed by atoms with Crippen molar-refractivity contribution in [3.05, 3.63) is 126 Å². The summed E-state index contributed by atoms with van der Waals surface area (Å²) in [5.41, 5.74) is 4.72. The molecule has 0 heterocycles. The minimum Gasteiger partial charge on any atom is -0.378 e. The highest BCUT2D eigenvalue weighted by atomic mass is 32.2. The van der Waals surface area contributed by atoms with Crippen LogP contribution in [0.3, 0.4) is 0 Å². The highest BCUT2D eigenvalue weighted by molar-refractivity contribution is 8.00. The predicted molar refractivity (Wildman–Crippen MR) is 173 cm³/mol. The topological polar surface area (TPSA) is 90.5 Å². The fraction of sp³-hybridized carbons (Fsp3) is 0.147. The molecule has 0 spiro atoms. The lowest BCUT2D eigenvalue weighted by Crippen LogP contribution is -2.30. The average molecular weight is 579 g/mol. The summed E-state index contributed by atoms with van der Waals surface area (Å²) < 4.78 is 0. The quantitative estimate of drug-likeness (QED) is 0.146. The van der Waals surface area contributed by atoms with Crippen molar-refractivity contribution in [1.29, 1.82) is 0 Å². The van der Waals surface area contributed by atoms with E-state index in [-0.39, 0.29) is 22.8 Å². The van der Waals surface area contributed by atoms with Crippen LogP contribution in [0.2, 0.25) is 0 Å². The molecule has 8 heteroatoms. The molecular weight excluding hydrogens is 544 g/mol. The fourth-order valence-electron chi connectivity index (χ4n) is 3.96. The Morgan fingerprint density at radius 3 is 2.14 bits per heavy atom. The van der Waals surface area contributed by atoms with E-state index in [1.165, 1.54) is 11.8 Å². The van der Waals surface area contributed by atoms with Gasteiger partial charge in [0.1, 0.15) is 5.70 Å². The molecule has 42 heavy (non-hydrogen) atoms.